The Labute approximate surface area is 74.0 Å². The molecule has 0 aliphatic heterocycles. The van der Waals surface area contributed by atoms with Gasteiger partial charge in [0.2, 0.25) is 0 Å². The van der Waals surface area contributed by atoms with Crippen LogP contribution < -0.4 is 0 Å². The minimum atomic E-state index is -0.00241. The van der Waals surface area contributed by atoms with Crippen LogP contribution in [0.1, 0.15) is 27.7 Å². The first-order chi connectivity index (χ1) is 5.52. The van der Waals surface area contributed by atoms with Crippen molar-refractivity contribution in [3.63, 3.8) is 0 Å². The van der Waals surface area contributed by atoms with Gasteiger partial charge in [-0.2, -0.15) is 0 Å². The Kier molecular flexibility index (Phi) is 5.93. The van der Waals surface area contributed by atoms with Crippen molar-refractivity contribution >= 4 is 5.78 Å². The molecule has 0 fully saturated rings. The van der Waals surface area contributed by atoms with E-state index in [0.717, 1.165) is 0 Å². The molecule has 0 unspecified atom stereocenters. The van der Waals surface area contributed by atoms with Gasteiger partial charge in [0.15, 0.2) is 5.78 Å². The van der Waals surface area contributed by atoms with Gasteiger partial charge in [-0.3, -0.25) is 4.79 Å². The van der Waals surface area contributed by atoms with Gasteiger partial charge in [0.05, 0.1) is 12.2 Å². The summed E-state index contributed by atoms with van der Waals surface area (Å²) in [5, 5.41) is 0. The number of carbonyl (C=O) groups is 1. The summed E-state index contributed by atoms with van der Waals surface area (Å²) in [4.78, 5) is 11.0. The summed E-state index contributed by atoms with van der Waals surface area (Å²) in [6, 6.07) is 0. The minimum absolute atomic E-state index is 0.00241. The number of carbonyl (C=O) groups excluding carboxylic acids is 1. The molecule has 0 saturated carbocycles. The average molecular weight is 174 g/mol. The van der Waals surface area contributed by atoms with Gasteiger partial charge in [0.1, 0.15) is 13.2 Å². The molecule has 0 saturated heterocycles. The van der Waals surface area contributed by atoms with Crippen LogP contribution in [0.5, 0.6) is 0 Å². The number of ether oxygens (including phenoxy) is 2. The van der Waals surface area contributed by atoms with Gasteiger partial charge in [-0.25, -0.2) is 0 Å². The van der Waals surface area contributed by atoms with Crippen molar-refractivity contribution < 1.29 is 14.3 Å². The lowest BCUT2D eigenvalue weighted by Crippen LogP contribution is -2.20. The molecule has 0 N–H and O–H groups in total. The first-order valence-corrected chi connectivity index (χ1v) is 4.27. The molecular formula is C9H18O3. The highest BCUT2D eigenvalue weighted by Crippen LogP contribution is 1.91. The van der Waals surface area contributed by atoms with E-state index >= 15 is 0 Å². The summed E-state index contributed by atoms with van der Waals surface area (Å²) in [6.07, 6.45) is 0.209. The van der Waals surface area contributed by atoms with Gasteiger partial charge in [0, 0.05) is 0 Å². The third-order valence-corrected chi connectivity index (χ3v) is 1.16. The van der Waals surface area contributed by atoms with Gasteiger partial charge < -0.3 is 9.47 Å². The Balaban J connectivity index is 3.34. The lowest BCUT2D eigenvalue weighted by atomic mass is 10.4. The summed E-state index contributed by atoms with van der Waals surface area (Å²) in [6.45, 7) is 7.91. The lowest BCUT2D eigenvalue weighted by Gasteiger charge is -2.08. The fourth-order valence-electron chi connectivity index (χ4n) is 0.561. The van der Waals surface area contributed by atoms with E-state index in [0.29, 0.717) is 0 Å². The highest BCUT2D eigenvalue weighted by atomic mass is 16.5. The van der Waals surface area contributed by atoms with Crippen LogP contribution in [0, 0.1) is 0 Å². The van der Waals surface area contributed by atoms with E-state index in [9.17, 15) is 4.79 Å². The number of ketones is 1. The number of rotatable bonds is 6. The smallest absolute Gasteiger partial charge is 0.184 e. The predicted octanol–water partition coefficient (Wildman–Crippen LogP) is 1.41. The molecule has 0 aliphatic rings. The molecule has 72 valence electrons. The first-order valence-electron chi connectivity index (χ1n) is 4.27. The highest BCUT2D eigenvalue weighted by Gasteiger charge is 2.04. The van der Waals surface area contributed by atoms with E-state index < -0.39 is 0 Å². The maximum atomic E-state index is 11.0. The lowest BCUT2D eigenvalue weighted by molar-refractivity contribution is -0.130. The van der Waals surface area contributed by atoms with Crippen molar-refractivity contribution in [1.29, 1.82) is 0 Å². The highest BCUT2D eigenvalue weighted by molar-refractivity contribution is 5.80. The Hall–Kier alpha value is -0.410. The van der Waals surface area contributed by atoms with Gasteiger partial charge in [-0.15, -0.1) is 0 Å². The molecule has 0 heterocycles. The molecule has 0 bridgehead atoms. The third-order valence-electron chi connectivity index (χ3n) is 1.16. The molecule has 0 aromatic heterocycles. The van der Waals surface area contributed by atoms with Crippen molar-refractivity contribution in [1.82, 2.24) is 0 Å². The second-order valence-corrected chi connectivity index (χ2v) is 3.26. The van der Waals surface area contributed by atoms with Crippen molar-refractivity contribution in [3.8, 4) is 0 Å². The van der Waals surface area contributed by atoms with Crippen LogP contribution in [0.25, 0.3) is 0 Å². The topological polar surface area (TPSA) is 35.5 Å². The van der Waals surface area contributed by atoms with Crippen LogP contribution in [0.3, 0.4) is 0 Å². The van der Waals surface area contributed by atoms with Gasteiger partial charge >= 0.3 is 0 Å². The summed E-state index contributed by atoms with van der Waals surface area (Å²) in [5.41, 5.74) is 0. The van der Waals surface area contributed by atoms with Crippen LogP contribution in [0.4, 0.5) is 0 Å². The molecule has 0 atom stereocenters. The average Bonchev–Trinajstić information content (AvgIpc) is 1.96. The number of hydrogen-bond acceptors (Lipinski definition) is 3. The van der Waals surface area contributed by atoms with E-state index in [-0.39, 0.29) is 31.2 Å². The SMILES string of the molecule is CC(C)OCC(=O)COC(C)C. The van der Waals surface area contributed by atoms with E-state index in [4.69, 9.17) is 9.47 Å². The maximum absolute atomic E-state index is 11.0. The third kappa shape index (κ3) is 7.69. The normalized spacial score (nSPS) is 11.2. The Morgan fingerprint density at radius 3 is 1.58 bits per heavy atom. The van der Waals surface area contributed by atoms with E-state index in [1.807, 2.05) is 27.7 Å². The fraction of sp³-hybridized carbons (Fsp3) is 0.889. The van der Waals surface area contributed by atoms with Crippen molar-refractivity contribution in [2.45, 2.75) is 39.9 Å². The zero-order valence-corrected chi connectivity index (χ0v) is 8.29. The molecule has 0 rings (SSSR count). The fourth-order valence-corrected chi connectivity index (χ4v) is 0.561. The molecule has 0 amide bonds. The Morgan fingerprint density at radius 2 is 1.33 bits per heavy atom. The monoisotopic (exact) mass is 174 g/mol. The molecule has 0 spiro atoms. The van der Waals surface area contributed by atoms with Crippen molar-refractivity contribution in [2.24, 2.45) is 0 Å². The van der Waals surface area contributed by atoms with E-state index in [1.165, 1.54) is 0 Å². The van der Waals surface area contributed by atoms with Crippen molar-refractivity contribution in [3.05, 3.63) is 0 Å². The van der Waals surface area contributed by atoms with Crippen LogP contribution >= 0.6 is 0 Å². The summed E-state index contributed by atoms with van der Waals surface area (Å²) in [5.74, 6) is -0.00241. The van der Waals surface area contributed by atoms with Crippen LogP contribution in [-0.4, -0.2) is 31.2 Å². The summed E-state index contributed by atoms with van der Waals surface area (Å²) < 4.78 is 10.2. The summed E-state index contributed by atoms with van der Waals surface area (Å²) in [7, 11) is 0. The molecule has 12 heavy (non-hydrogen) atoms. The molecular weight excluding hydrogens is 156 g/mol. The number of hydrogen-bond donors (Lipinski definition) is 0. The minimum Gasteiger partial charge on any atom is -0.371 e. The Bertz CT molecular complexity index is 116. The summed E-state index contributed by atoms with van der Waals surface area (Å²) >= 11 is 0. The second kappa shape index (κ2) is 6.14. The molecule has 0 aromatic carbocycles. The van der Waals surface area contributed by atoms with E-state index in [1.54, 1.807) is 0 Å². The number of Topliss-reactive ketones (excluding diaryl/α,β-unsaturated/α-hetero) is 1. The zero-order valence-electron chi connectivity index (χ0n) is 8.29. The molecule has 3 heteroatoms. The quantitative estimate of drug-likeness (QED) is 0.610. The predicted molar refractivity (Wildman–Crippen MR) is 47.2 cm³/mol. The molecule has 0 radical (unpaired) electrons. The van der Waals surface area contributed by atoms with Crippen molar-refractivity contribution in [2.75, 3.05) is 13.2 Å². The molecule has 3 nitrogen and oxygen atoms in total. The molecule has 0 aromatic rings. The first kappa shape index (κ1) is 11.6. The maximum Gasteiger partial charge on any atom is 0.184 e. The van der Waals surface area contributed by atoms with Gasteiger partial charge in [0.25, 0.3) is 0 Å². The van der Waals surface area contributed by atoms with Crippen LogP contribution in [-0.2, 0) is 14.3 Å². The second-order valence-electron chi connectivity index (χ2n) is 3.26. The zero-order chi connectivity index (χ0) is 9.56. The van der Waals surface area contributed by atoms with Crippen LogP contribution in [0.2, 0.25) is 0 Å². The standard InChI is InChI=1S/C9H18O3/c1-7(2)11-5-9(10)6-12-8(3)4/h7-8H,5-6H2,1-4H3. The molecule has 0 aliphatic carbocycles. The Morgan fingerprint density at radius 1 is 1.00 bits per heavy atom. The largest absolute Gasteiger partial charge is 0.371 e. The van der Waals surface area contributed by atoms with E-state index in [2.05, 4.69) is 0 Å². The van der Waals surface area contributed by atoms with Crippen LogP contribution in [0.15, 0.2) is 0 Å². The van der Waals surface area contributed by atoms with Gasteiger partial charge in [-0.05, 0) is 27.7 Å². The van der Waals surface area contributed by atoms with Gasteiger partial charge in [-0.1, -0.05) is 0 Å².